The Morgan fingerprint density at radius 3 is 2.23 bits per heavy atom. The quantitative estimate of drug-likeness (QED) is 0.0705. The van der Waals surface area contributed by atoms with Gasteiger partial charge in [0.05, 0.1) is 25.1 Å². The van der Waals surface area contributed by atoms with Crippen molar-refractivity contribution >= 4 is 41.3 Å². The number of carbonyl (C=O) groups excluding carboxylic acids is 6. The minimum atomic E-state index is -0.943. The first-order chi connectivity index (χ1) is 31.6. The van der Waals surface area contributed by atoms with Crippen molar-refractivity contribution in [1.82, 2.24) is 30.7 Å². The highest BCUT2D eigenvalue weighted by atomic mass is 16.6. The lowest BCUT2D eigenvalue weighted by Crippen LogP contribution is -2.55. The van der Waals surface area contributed by atoms with Crippen LogP contribution in [0.15, 0.2) is 67.4 Å². The largest absolute Gasteiger partial charge is 0.445 e. The zero-order valence-electron chi connectivity index (χ0n) is 40.7. The number of hydrogen-bond donors (Lipinski definition) is 5. The van der Waals surface area contributed by atoms with Crippen LogP contribution in [-0.4, -0.2) is 128 Å². The van der Waals surface area contributed by atoms with E-state index in [0.717, 1.165) is 37.7 Å². The number of anilines is 1. The number of amides is 6. The van der Waals surface area contributed by atoms with E-state index in [4.69, 9.17) is 15.2 Å². The molecular formula is C50H78N8O8. The molecule has 5 unspecified atom stereocenters. The average molecular weight is 919 g/mol. The normalized spacial score (nSPS) is 16.2. The van der Waals surface area contributed by atoms with Gasteiger partial charge in [0.2, 0.25) is 29.5 Å². The highest BCUT2D eigenvalue weighted by Gasteiger charge is 2.38. The topological polar surface area (TPSA) is 205 Å². The molecule has 0 saturated carbocycles. The van der Waals surface area contributed by atoms with E-state index in [0.29, 0.717) is 50.1 Å². The zero-order chi connectivity index (χ0) is 48.8. The van der Waals surface area contributed by atoms with Crippen LogP contribution in [0, 0.1) is 17.8 Å². The first kappa shape index (κ1) is 54.9. The number of hydrogen-bond acceptors (Lipinski definition) is 10. The van der Waals surface area contributed by atoms with Crippen molar-refractivity contribution in [1.29, 1.82) is 0 Å². The molecule has 6 amide bonds. The van der Waals surface area contributed by atoms with Gasteiger partial charge >= 0.3 is 6.09 Å². The Kier molecular flexibility index (Phi) is 23.7. The van der Waals surface area contributed by atoms with Gasteiger partial charge in [-0.15, -0.1) is 0 Å². The van der Waals surface area contributed by atoms with Gasteiger partial charge < -0.3 is 46.3 Å². The molecule has 3 rings (SSSR count). The number of carbonyl (C=O) groups is 6. The van der Waals surface area contributed by atoms with Crippen molar-refractivity contribution in [3.8, 4) is 0 Å². The highest BCUT2D eigenvalue weighted by Crippen LogP contribution is 2.28. The van der Waals surface area contributed by atoms with Crippen LogP contribution in [0.2, 0.25) is 0 Å². The van der Waals surface area contributed by atoms with Crippen LogP contribution in [0.3, 0.4) is 0 Å². The maximum absolute atomic E-state index is 14.0. The second kappa shape index (κ2) is 28.5. The van der Waals surface area contributed by atoms with Gasteiger partial charge in [-0.05, 0) is 92.8 Å². The summed E-state index contributed by atoms with van der Waals surface area (Å²) >= 11 is 0. The predicted molar refractivity (Wildman–Crippen MR) is 258 cm³/mol. The molecule has 0 bridgehead atoms. The number of nitrogens with two attached hydrogens (primary N) is 1. The fourth-order valence-corrected chi connectivity index (χ4v) is 8.63. The Hall–Kier alpha value is -5.48. The van der Waals surface area contributed by atoms with E-state index in [-0.39, 0.29) is 67.0 Å². The molecule has 1 fully saturated rings. The summed E-state index contributed by atoms with van der Waals surface area (Å²) in [5.74, 6) is -1.85. The van der Waals surface area contributed by atoms with E-state index in [1.807, 2.05) is 56.0 Å². The number of likely N-dealkylation sites (tertiary alicyclic amines) is 1. The van der Waals surface area contributed by atoms with Crippen molar-refractivity contribution in [3.05, 3.63) is 78.5 Å². The Bertz CT molecular complexity index is 1850. The van der Waals surface area contributed by atoms with Crippen molar-refractivity contribution in [2.24, 2.45) is 23.5 Å². The highest BCUT2D eigenvalue weighted by molar-refractivity contribution is 5.95. The number of ether oxygens (including phenoxy) is 2. The van der Waals surface area contributed by atoms with Crippen molar-refractivity contribution in [2.75, 3.05) is 52.7 Å². The lowest BCUT2D eigenvalue weighted by atomic mass is 9.90. The van der Waals surface area contributed by atoms with E-state index in [1.54, 1.807) is 57.2 Å². The van der Waals surface area contributed by atoms with Crippen molar-refractivity contribution in [3.63, 3.8) is 0 Å². The summed E-state index contributed by atoms with van der Waals surface area (Å²) in [6.07, 6.45) is 6.08. The van der Waals surface area contributed by atoms with Gasteiger partial charge in [0, 0.05) is 51.9 Å². The third-order valence-corrected chi connectivity index (χ3v) is 12.6. The molecule has 16 heteroatoms. The molecule has 1 aliphatic rings. The fourth-order valence-electron chi connectivity index (χ4n) is 8.63. The Labute approximate surface area is 393 Å². The van der Waals surface area contributed by atoms with Gasteiger partial charge in [0.15, 0.2) is 0 Å². The third kappa shape index (κ3) is 17.1. The van der Waals surface area contributed by atoms with E-state index in [9.17, 15) is 28.8 Å². The summed E-state index contributed by atoms with van der Waals surface area (Å²) in [7, 11) is 4.68. The SMILES string of the molecule is C=CN[C@@H](CCCCN)C(=O)Nc1ccc(COC(=O)N(C)C(C(=O)NCC(=O)N(C)C(C(C)CC)C(CC(=O)N2CCC[C@H]2CC(C)C(=O)NCCc2ccccc2)OC)C(C)C)cc1. The summed E-state index contributed by atoms with van der Waals surface area (Å²) in [5, 5.41) is 11.7. The van der Waals surface area contributed by atoms with Crippen LogP contribution in [0.1, 0.15) is 97.1 Å². The van der Waals surface area contributed by atoms with E-state index < -0.39 is 36.2 Å². The Morgan fingerprint density at radius 2 is 1.61 bits per heavy atom. The van der Waals surface area contributed by atoms with E-state index in [1.165, 1.54) is 18.1 Å². The average Bonchev–Trinajstić information content (AvgIpc) is 3.77. The molecule has 2 aromatic carbocycles. The molecule has 0 spiro atoms. The third-order valence-electron chi connectivity index (χ3n) is 12.6. The smallest absolute Gasteiger partial charge is 0.410 e. The number of rotatable bonds is 28. The van der Waals surface area contributed by atoms with Crippen LogP contribution >= 0.6 is 0 Å². The molecule has 16 nitrogen and oxygen atoms in total. The van der Waals surface area contributed by atoms with Gasteiger partial charge in [-0.2, -0.15) is 0 Å². The maximum Gasteiger partial charge on any atom is 0.410 e. The zero-order valence-corrected chi connectivity index (χ0v) is 40.7. The Balaban J connectivity index is 1.55. The number of methoxy groups -OCH3 is 1. The summed E-state index contributed by atoms with van der Waals surface area (Å²) in [6.45, 7) is 14.5. The van der Waals surface area contributed by atoms with Gasteiger partial charge in [-0.3, -0.25) is 28.9 Å². The van der Waals surface area contributed by atoms with E-state index in [2.05, 4.69) is 27.8 Å². The molecule has 366 valence electrons. The van der Waals surface area contributed by atoms with Crippen molar-refractivity contribution < 1.29 is 38.2 Å². The van der Waals surface area contributed by atoms with Crippen LogP contribution < -0.4 is 27.0 Å². The molecule has 7 atom stereocenters. The molecule has 1 saturated heterocycles. The second-order valence-electron chi connectivity index (χ2n) is 17.9. The number of unbranched alkanes of at least 4 members (excludes halogenated alkanes) is 1. The summed E-state index contributed by atoms with van der Waals surface area (Å²) in [4.78, 5) is 85.1. The van der Waals surface area contributed by atoms with Gasteiger partial charge in [0.25, 0.3) is 0 Å². The number of benzene rings is 2. The summed E-state index contributed by atoms with van der Waals surface area (Å²) < 4.78 is 11.5. The molecule has 1 aliphatic heterocycles. The van der Waals surface area contributed by atoms with Crippen LogP contribution in [0.4, 0.5) is 10.5 Å². The van der Waals surface area contributed by atoms with E-state index >= 15 is 0 Å². The molecule has 2 aromatic rings. The molecular weight excluding hydrogens is 841 g/mol. The number of nitrogens with zero attached hydrogens (tertiary/aromatic N) is 3. The Morgan fingerprint density at radius 1 is 0.909 bits per heavy atom. The fraction of sp³-hybridized carbons (Fsp3) is 0.600. The minimum Gasteiger partial charge on any atom is -0.445 e. The molecule has 0 radical (unpaired) electrons. The summed E-state index contributed by atoms with van der Waals surface area (Å²) in [6, 6.07) is 15.0. The lowest BCUT2D eigenvalue weighted by molar-refractivity contribution is -0.143. The predicted octanol–water partition coefficient (Wildman–Crippen LogP) is 5.22. The minimum absolute atomic E-state index is 0.0283. The van der Waals surface area contributed by atoms with Crippen molar-refractivity contribution in [2.45, 2.75) is 129 Å². The van der Waals surface area contributed by atoms with Gasteiger partial charge in [-0.25, -0.2) is 4.79 Å². The maximum atomic E-state index is 14.0. The monoisotopic (exact) mass is 919 g/mol. The van der Waals surface area contributed by atoms with Crippen LogP contribution in [0.5, 0.6) is 0 Å². The van der Waals surface area contributed by atoms with Gasteiger partial charge in [-0.1, -0.05) is 90.1 Å². The molecule has 66 heavy (non-hydrogen) atoms. The second-order valence-corrected chi connectivity index (χ2v) is 17.9. The van der Waals surface area contributed by atoms with Crippen LogP contribution in [-0.2, 0) is 46.5 Å². The standard InChI is InChI=1S/C50H78N8O8/c1-10-35(5)46(42(65-9)31-43(59)58-29-17-20-40(58)30-36(6)47(61)53-28-26-37-18-13-12-14-19-37)56(7)44(60)32-54-49(63)45(34(3)4)57(8)50(64)66-33-38-22-24-39(25-23-38)55-48(62)41(52-11-2)21-15-16-27-51/h11-14,18-19,22-25,34-36,40-42,45-46,52H,2,10,15-17,20-21,26-33,51H2,1,3-9H3,(H,53,61)(H,54,63)(H,55,62)/t35?,36?,40-,41-,42?,45?,46?/m0/s1. The van der Waals surface area contributed by atoms with Crippen LogP contribution in [0.25, 0.3) is 0 Å². The molecule has 6 N–H and O–H groups in total. The summed E-state index contributed by atoms with van der Waals surface area (Å²) in [5.41, 5.74) is 8.01. The first-order valence-corrected chi connectivity index (χ1v) is 23.6. The number of likely N-dealkylation sites (N-methyl/N-ethyl adjacent to an activating group) is 2. The first-order valence-electron chi connectivity index (χ1n) is 23.6. The molecule has 1 heterocycles. The molecule has 0 aliphatic carbocycles. The lowest BCUT2D eigenvalue weighted by Gasteiger charge is -2.38. The molecule has 0 aromatic heterocycles. The number of nitrogens with one attached hydrogen (secondary N) is 4. The van der Waals surface area contributed by atoms with Gasteiger partial charge in [0.1, 0.15) is 18.7 Å².